The first kappa shape index (κ1) is 28.7. The number of Topliss-reactive ketones (excluding diaryl/α,β-unsaturated/α-hetero) is 1. The molecule has 0 radical (unpaired) electrons. The molecule has 0 heterocycles. The van der Waals surface area contributed by atoms with Crippen LogP contribution in [0.2, 0.25) is 0 Å². The zero-order valence-corrected chi connectivity index (χ0v) is 12.5. The van der Waals surface area contributed by atoms with E-state index in [1.54, 1.807) is 0 Å². The molecule has 0 aromatic heterocycles. The van der Waals surface area contributed by atoms with E-state index in [0.717, 1.165) is 6.92 Å². The van der Waals surface area contributed by atoms with Gasteiger partial charge in [0.2, 0.25) is 0 Å². The largest absolute Gasteiger partial charge is 0.460 e. The fraction of sp³-hybridized carbons (Fsp3) is 0.900. The molecule has 170 valence electrons. The zero-order chi connectivity index (χ0) is 23.8. The van der Waals surface area contributed by atoms with E-state index in [2.05, 4.69) is 0 Å². The summed E-state index contributed by atoms with van der Waals surface area (Å²) in [7, 11) is 0. The smallest absolute Gasteiger partial charge is 0.282 e. The molecular formula is C10H5F17O. The van der Waals surface area contributed by atoms with Crippen LogP contribution in [0.4, 0.5) is 74.6 Å². The van der Waals surface area contributed by atoms with Crippen LogP contribution in [-0.4, -0.2) is 48.0 Å². The Morgan fingerprint density at radius 2 is 0.893 bits per heavy atom. The molecule has 0 saturated carbocycles. The number of rotatable bonds is 4. The van der Waals surface area contributed by atoms with Gasteiger partial charge in [-0.3, -0.25) is 4.79 Å². The highest BCUT2D eigenvalue weighted by molar-refractivity contribution is 5.91. The first-order valence-corrected chi connectivity index (χ1v) is 5.98. The Kier molecular flexibility index (Phi) is 7.91. The number of hydrogen-bond acceptors (Lipinski definition) is 1. The van der Waals surface area contributed by atoms with E-state index in [9.17, 15) is 79.4 Å². The number of ketones is 1. The van der Waals surface area contributed by atoms with Gasteiger partial charge in [-0.1, -0.05) is 6.92 Å². The Morgan fingerprint density at radius 1 is 0.571 bits per heavy atom. The first-order chi connectivity index (χ1) is 11.7. The van der Waals surface area contributed by atoms with Crippen LogP contribution in [0.5, 0.6) is 0 Å². The molecule has 0 aromatic rings. The maximum atomic E-state index is 12.3. The van der Waals surface area contributed by atoms with Crippen LogP contribution in [0.15, 0.2) is 0 Å². The fourth-order valence-electron chi connectivity index (χ4n) is 0.896. The standard InChI is InChI=1S/C6F12O.C4H5F5/c7-2(8,1(19)3(9,10)11)4(12,13)5(14,15)6(16,17)18;1-2-3(5,6)4(7,8)9/h;2H2,1H3. The van der Waals surface area contributed by atoms with Crippen molar-refractivity contribution in [1.29, 1.82) is 0 Å². The number of halogens is 17. The molecule has 0 aromatic carbocycles. The van der Waals surface area contributed by atoms with Crippen LogP contribution in [-0.2, 0) is 4.79 Å². The van der Waals surface area contributed by atoms with Crippen molar-refractivity contribution in [3.05, 3.63) is 0 Å². The summed E-state index contributed by atoms with van der Waals surface area (Å²) in [5.74, 6) is -31.7. The van der Waals surface area contributed by atoms with Crippen LogP contribution in [0.3, 0.4) is 0 Å². The van der Waals surface area contributed by atoms with Crippen molar-refractivity contribution in [1.82, 2.24) is 0 Å². The molecule has 0 saturated heterocycles. The Hall–Kier alpha value is -1.52. The lowest BCUT2D eigenvalue weighted by atomic mass is 10.00. The van der Waals surface area contributed by atoms with Crippen LogP contribution in [0, 0.1) is 0 Å². The zero-order valence-electron chi connectivity index (χ0n) is 12.5. The Morgan fingerprint density at radius 3 is 1.04 bits per heavy atom. The Labute approximate surface area is 142 Å². The fourth-order valence-corrected chi connectivity index (χ4v) is 0.896. The van der Waals surface area contributed by atoms with Gasteiger partial charge in [-0.25, -0.2) is 0 Å². The van der Waals surface area contributed by atoms with Crippen molar-refractivity contribution < 1.29 is 79.4 Å². The topological polar surface area (TPSA) is 17.1 Å². The monoisotopic (exact) mass is 464 g/mol. The lowest BCUT2D eigenvalue weighted by molar-refractivity contribution is -0.390. The van der Waals surface area contributed by atoms with Crippen molar-refractivity contribution in [2.24, 2.45) is 0 Å². The predicted octanol–water partition coefficient (Wildman–Crippen LogP) is 6.18. The Bertz CT molecular complexity index is 534. The summed E-state index contributed by atoms with van der Waals surface area (Å²) in [5, 5.41) is 0. The number of carbonyl (C=O) groups excluding carboxylic acids is 1. The summed E-state index contributed by atoms with van der Waals surface area (Å²) in [6.45, 7) is 0.785. The third-order valence-electron chi connectivity index (χ3n) is 2.55. The average Bonchev–Trinajstić information content (AvgIpc) is 2.43. The number of hydrogen-bond donors (Lipinski definition) is 0. The number of alkyl halides is 17. The van der Waals surface area contributed by atoms with Gasteiger partial charge in [0.05, 0.1) is 0 Å². The van der Waals surface area contributed by atoms with E-state index in [4.69, 9.17) is 0 Å². The first-order valence-electron chi connectivity index (χ1n) is 5.98. The van der Waals surface area contributed by atoms with Gasteiger partial charge in [-0.05, 0) is 0 Å². The molecule has 18 heteroatoms. The molecule has 0 aliphatic rings. The van der Waals surface area contributed by atoms with Crippen molar-refractivity contribution >= 4 is 5.78 Å². The highest BCUT2D eigenvalue weighted by atomic mass is 19.4. The van der Waals surface area contributed by atoms with Gasteiger partial charge in [-0.15, -0.1) is 0 Å². The number of carbonyl (C=O) groups is 1. The molecule has 0 unspecified atom stereocenters. The van der Waals surface area contributed by atoms with Crippen LogP contribution in [0.25, 0.3) is 0 Å². The van der Waals surface area contributed by atoms with Crippen LogP contribution in [0.1, 0.15) is 13.3 Å². The van der Waals surface area contributed by atoms with Crippen molar-refractivity contribution in [3.63, 3.8) is 0 Å². The molecule has 0 spiro atoms. The summed E-state index contributed by atoms with van der Waals surface area (Å²) < 4.78 is 199. The second-order valence-electron chi connectivity index (χ2n) is 4.60. The summed E-state index contributed by atoms with van der Waals surface area (Å²) in [6, 6.07) is 0. The lowest BCUT2D eigenvalue weighted by Crippen LogP contribution is -2.65. The molecule has 0 aliphatic carbocycles. The molecule has 0 aliphatic heterocycles. The van der Waals surface area contributed by atoms with Gasteiger partial charge in [-0.2, -0.15) is 74.6 Å². The van der Waals surface area contributed by atoms with E-state index < -0.39 is 54.4 Å². The highest BCUT2D eigenvalue weighted by Crippen LogP contribution is 2.54. The van der Waals surface area contributed by atoms with Gasteiger partial charge < -0.3 is 0 Å². The summed E-state index contributed by atoms with van der Waals surface area (Å²) in [6.07, 6.45) is -20.6. The quantitative estimate of drug-likeness (QED) is 0.455. The minimum absolute atomic E-state index is 0.785. The van der Waals surface area contributed by atoms with Gasteiger partial charge in [0, 0.05) is 6.42 Å². The second kappa shape index (κ2) is 7.72. The van der Waals surface area contributed by atoms with Gasteiger partial charge in [0.15, 0.2) is 0 Å². The van der Waals surface area contributed by atoms with Crippen molar-refractivity contribution in [2.45, 2.75) is 55.6 Å². The molecule has 0 N–H and O–H groups in total. The van der Waals surface area contributed by atoms with E-state index in [1.807, 2.05) is 0 Å². The van der Waals surface area contributed by atoms with Crippen molar-refractivity contribution in [3.8, 4) is 0 Å². The van der Waals surface area contributed by atoms with E-state index in [-0.39, 0.29) is 0 Å². The molecule has 1 nitrogen and oxygen atoms in total. The third-order valence-corrected chi connectivity index (χ3v) is 2.55. The minimum Gasteiger partial charge on any atom is -0.282 e. The summed E-state index contributed by atoms with van der Waals surface area (Å²) in [4.78, 5) is 9.85. The van der Waals surface area contributed by atoms with Gasteiger partial charge >= 0.3 is 48.0 Å². The SMILES string of the molecule is CCC(F)(F)C(F)(F)F.O=C(C(F)(F)F)C(F)(F)C(F)(F)C(F)(F)C(F)(F)F. The predicted molar refractivity (Wildman–Crippen MR) is 53.3 cm³/mol. The maximum Gasteiger partial charge on any atom is 0.460 e. The average molecular weight is 464 g/mol. The summed E-state index contributed by atoms with van der Waals surface area (Å²) in [5.41, 5.74) is 0. The van der Waals surface area contributed by atoms with Gasteiger partial charge in [0.25, 0.3) is 0 Å². The van der Waals surface area contributed by atoms with E-state index in [0.29, 0.717) is 0 Å². The second-order valence-corrected chi connectivity index (χ2v) is 4.60. The molecule has 0 rings (SSSR count). The molecule has 0 bridgehead atoms. The van der Waals surface area contributed by atoms with Crippen LogP contribution < -0.4 is 0 Å². The Balaban J connectivity index is 0. The third kappa shape index (κ3) is 5.51. The highest BCUT2D eigenvalue weighted by Gasteiger charge is 2.85. The molecule has 28 heavy (non-hydrogen) atoms. The van der Waals surface area contributed by atoms with Gasteiger partial charge in [0.1, 0.15) is 0 Å². The molecule has 0 atom stereocenters. The lowest BCUT2D eigenvalue weighted by Gasteiger charge is -2.32. The normalized spacial score (nSPS) is 15.1. The maximum absolute atomic E-state index is 12.3. The molecular weight excluding hydrogens is 459 g/mol. The van der Waals surface area contributed by atoms with E-state index in [1.165, 1.54) is 0 Å². The summed E-state index contributed by atoms with van der Waals surface area (Å²) >= 11 is 0. The van der Waals surface area contributed by atoms with Crippen LogP contribution >= 0.6 is 0 Å². The van der Waals surface area contributed by atoms with Crippen molar-refractivity contribution in [2.75, 3.05) is 0 Å². The minimum atomic E-state index is -7.61. The molecule has 0 fully saturated rings. The van der Waals surface area contributed by atoms with E-state index >= 15 is 0 Å². The molecule has 0 amide bonds.